The summed E-state index contributed by atoms with van der Waals surface area (Å²) in [5, 5.41) is 0. The standard InChI is InChI=1S/C25H27N3O5S2/c1-5-14-28-23-21(32-6-2)8-7-9-22(23)34-25(28)26-24(29)19-10-12-20(13-11-19)35(30,31)27-15-17(3)33-18(4)16-27/h1,7-13,17-18H,6,14-16H2,2-4H3/t17-,18-/m0/s1. The van der Waals surface area contributed by atoms with E-state index in [4.69, 9.17) is 15.9 Å². The van der Waals surface area contributed by atoms with Crippen LogP contribution in [0.3, 0.4) is 0 Å². The number of ether oxygens (including phenoxy) is 2. The summed E-state index contributed by atoms with van der Waals surface area (Å²) in [5.41, 5.74) is 1.07. The van der Waals surface area contributed by atoms with E-state index in [1.807, 2.05) is 39.0 Å². The zero-order chi connectivity index (χ0) is 25.2. The topological polar surface area (TPSA) is 90.2 Å². The molecule has 1 saturated heterocycles. The molecule has 1 fully saturated rings. The fourth-order valence-electron chi connectivity index (χ4n) is 4.09. The molecule has 0 N–H and O–H groups in total. The van der Waals surface area contributed by atoms with Crippen LogP contribution >= 0.6 is 11.3 Å². The Hall–Kier alpha value is -2.97. The predicted molar refractivity (Wildman–Crippen MR) is 135 cm³/mol. The van der Waals surface area contributed by atoms with Gasteiger partial charge in [0.15, 0.2) is 4.80 Å². The molecule has 0 bridgehead atoms. The molecule has 10 heteroatoms. The van der Waals surface area contributed by atoms with Gasteiger partial charge in [0.2, 0.25) is 10.0 Å². The lowest BCUT2D eigenvalue weighted by Crippen LogP contribution is -2.48. The fraction of sp³-hybridized carbons (Fsp3) is 0.360. The van der Waals surface area contributed by atoms with Crippen molar-refractivity contribution in [2.45, 2.75) is 44.4 Å². The van der Waals surface area contributed by atoms with Crippen molar-refractivity contribution in [3.8, 4) is 18.1 Å². The van der Waals surface area contributed by atoms with Crippen LogP contribution in [0.25, 0.3) is 10.2 Å². The average molecular weight is 514 g/mol. The lowest BCUT2D eigenvalue weighted by molar-refractivity contribution is -0.0440. The number of terminal acetylenes is 1. The minimum Gasteiger partial charge on any atom is -0.492 e. The molecule has 2 aromatic carbocycles. The molecule has 2 atom stereocenters. The molecule has 8 nitrogen and oxygen atoms in total. The van der Waals surface area contributed by atoms with E-state index >= 15 is 0 Å². The van der Waals surface area contributed by atoms with Gasteiger partial charge in [-0.1, -0.05) is 23.3 Å². The van der Waals surface area contributed by atoms with Crippen molar-refractivity contribution in [1.29, 1.82) is 0 Å². The van der Waals surface area contributed by atoms with Crippen LogP contribution in [0, 0.1) is 12.3 Å². The second-order valence-corrected chi connectivity index (χ2v) is 11.2. The number of rotatable bonds is 6. The number of amides is 1. The largest absolute Gasteiger partial charge is 0.492 e. The Kier molecular flexibility index (Phi) is 7.42. The van der Waals surface area contributed by atoms with Gasteiger partial charge >= 0.3 is 0 Å². The number of carbonyl (C=O) groups is 1. The van der Waals surface area contributed by atoms with Crippen LogP contribution in [0.2, 0.25) is 0 Å². The van der Waals surface area contributed by atoms with Gasteiger partial charge < -0.3 is 14.0 Å². The highest BCUT2D eigenvalue weighted by Gasteiger charge is 2.32. The van der Waals surface area contributed by atoms with Crippen LogP contribution in [0.15, 0.2) is 52.4 Å². The van der Waals surface area contributed by atoms with E-state index in [2.05, 4.69) is 10.9 Å². The van der Waals surface area contributed by atoms with Crippen molar-refractivity contribution in [1.82, 2.24) is 8.87 Å². The van der Waals surface area contributed by atoms with Crippen LogP contribution < -0.4 is 9.54 Å². The Morgan fingerprint density at radius 2 is 1.89 bits per heavy atom. The smallest absolute Gasteiger partial charge is 0.279 e. The minimum absolute atomic E-state index is 0.126. The van der Waals surface area contributed by atoms with Crippen molar-refractivity contribution in [2.75, 3.05) is 19.7 Å². The first kappa shape index (κ1) is 25.1. The first-order valence-corrected chi connectivity index (χ1v) is 13.5. The molecule has 4 rings (SSSR count). The Balaban J connectivity index is 1.66. The van der Waals surface area contributed by atoms with E-state index in [1.165, 1.54) is 39.9 Å². The summed E-state index contributed by atoms with van der Waals surface area (Å²) >= 11 is 1.34. The number of para-hydroxylation sites is 1. The molecule has 0 spiro atoms. The van der Waals surface area contributed by atoms with Crippen LogP contribution in [0.1, 0.15) is 31.1 Å². The number of benzene rings is 2. The Bertz CT molecular complexity index is 1440. The molecule has 1 aliphatic heterocycles. The van der Waals surface area contributed by atoms with Crippen LogP contribution in [0.5, 0.6) is 5.75 Å². The van der Waals surface area contributed by atoms with Crippen molar-refractivity contribution >= 4 is 37.5 Å². The van der Waals surface area contributed by atoms with Crippen LogP contribution in [-0.2, 0) is 21.3 Å². The summed E-state index contributed by atoms with van der Waals surface area (Å²) < 4.78 is 41.6. The van der Waals surface area contributed by atoms with E-state index in [1.54, 1.807) is 4.57 Å². The van der Waals surface area contributed by atoms with Gasteiger partial charge in [-0.05, 0) is 57.2 Å². The minimum atomic E-state index is -3.70. The van der Waals surface area contributed by atoms with Gasteiger partial charge in [-0.15, -0.1) is 6.42 Å². The average Bonchev–Trinajstić information content (AvgIpc) is 3.17. The second kappa shape index (κ2) is 10.3. The molecule has 0 radical (unpaired) electrons. The third-order valence-electron chi connectivity index (χ3n) is 5.54. The molecule has 0 unspecified atom stereocenters. The maximum Gasteiger partial charge on any atom is 0.279 e. The zero-order valence-corrected chi connectivity index (χ0v) is 21.4. The normalized spacial score (nSPS) is 19.5. The summed E-state index contributed by atoms with van der Waals surface area (Å²) in [7, 11) is -3.70. The monoisotopic (exact) mass is 513 g/mol. The predicted octanol–water partition coefficient (Wildman–Crippen LogP) is 3.27. The van der Waals surface area contributed by atoms with Gasteiger partial charge in [0.25, 0.3) is 5.91 Å². The second-order valence-electron chi connectivity index (χ2n) is 8.23. The van der Waals surface area contributed by atoms with Crippen molar-refractivity contribution in [3.63, 3.8) is 0 Å². The maximum atomic E-state index is 13.1. The lowest BCUT2D eigenvalue weighted by Gasteiger charge is -2.34. The third kappa shape index (κ3) is 5.18. The lowest BCUT2D eigenvalue weighted by atomic mass is 10.2. The Morgan fingerprint density at radius 1 is 1.20 bits per heavy atom. The van der Waals surface area contributed by atoms with Crippen LogP contribution in [0.4, 0.5) is 0 Å². The number of thiazole rings is 1. The number of nitrogens with zero attached hydrogens (tertiary/aromatic N) is 3. The first-order valence-electron chi connectivity index (χ1n) is 11.3. The van der Waals surface area contributed by atoms with Gasteiger partial charge in [-0.25, -0.2) is 8.42 Å². The van der Waals surface area contributed by atoms with Gasteiger partial charge in [0.1, 0.15) is 11.3 Å². The zero-order valence-electron chi connectivity index (χ0n) is 19.8. The highest BCUT2D eigenvalue weighted by atomic mass is 32.2. The quantitative estimate of drug-likeness (QED) is 0.472. The molecule has 0 aliphatic carbocycles. The molecule has 1 aromatic heterocycles. The number of carbonyl (C=O) groups excluding carboxylic acids is 1. The SMILES string of the molecule is C#CCn1c(=NC(=O)c2ccc(S(=O)(=O)N3C[C@H](C)O[C@@H](C)C3)cc2)sc2cccc(OCC)c21. The van der Waals surface area contributed by atoms with Crippen LogP contribution in [-0.4, -0.2) is 55.1 Å². The molecular weight excluding hydrogens is 486 g/mol. The van der Waals surface area contributed by atoms with Gasteiger partial charge in [-0.2, -0.15) is 9.30 Å². The first-order chi connectivity index (χ1) is 16.7. The van der Waals surface area contributed by atoms with E-state index in [-0.39, 0.29) is 42.3 Å². The molecule has 0 saturated carbocycles. The molecule has 3 aromatic rings. The maximum absolute atomic E-state index is 13.1. The highest BCUT2D eigenvalue weighted by Crippen LogP contribution is 2.28. The van der Waals surface area contributed by atoms with E-state index in [9.17, 15) is 13.2 Å². The van der Waals surface area contributed by atoms with Gasteiger partial charge in [0.05, 0.1) is 35.0 Å². The summed E-state index contributed by atoms with van der Waals surface area (Å²) in [6.07, 6.45) is 5.20. The Labute approximate surface area is 208 Å². The number of hydrogen-bond acceptors (Lipinski definition) is 6. The van der Waals surface area contributed by atoms with E-state index < -0.39 is 15.9 Å². The van der Waals surface area contributed by atoms with E-state index in [0.29, 0.717) is 17.2 Å². The van der Waals surface area contributed by atoms with E-state index in [0.717, 1.165) is 10.2 Å². The van der Waals surface area contributed by atoms with Crippen molar-refractivity contribution in [2.24, 2.45) is 4.99 Å². The van der Waals surface area contributed by atoms with Gasteiger partial charge in [-0.3, -0.25) is 4.79 Å². The number of morpholine rings is 1. The highest BCUT2D eigenvalue weighted by molar-refractivity contribution is 7.89. The van der Waals surface area contributed by atoms with Crippen molar-refractivity contribution < 1.29 is 22.7 Å². The van der Waals surface area contributed by atoms with Crippen molar-refractivity contribution in [3.05, 3.63) is 52.8 Å². The summed E-state index contributed by atoms with van der Waals surface area (Å²) in [5.74, 6) is 2.79. The molecule has 2 heterocycles. The third-order valence-corrected chi connectivity index (χ3v) is 8.43. The Morgan fingerprint density at radius 3 is 2.51 bits per heavy atom. The summed E-state index contributed by atoms with van der Waals surface area (Å²) in [6.45, 7) is 6.88. The summed E-state index contributed by atoms with van der Waals surface area (Å²) in [4.78, 5) is 17.9. The van der Waals surface area contributed by atoms with Gasteiger partial charge in [0, 0.05) is 18.7 Å². The molecule has 1 amide bonds. The molecular formula is C25H27N3O5S2. The molecule has 1 aliphatic rings. The number of fused-ring (bicyclic) bond motifs is 1. The molecule has 35 heavy (non-hydrogen) atoms. The molecule has 184 valence electrons. The fourth-order valence-corrected chi connectivity index (χ4v) is 6.73. The number of hydrogen-bond donors (Lipinski definition) is 0. The number of sulfonamides is 1. The summed E-state index contributed by atoms with van der Waals surface area (Å²) in [6, 6.07) is 11.5. The number of aromatic nitrogens is 1.